The normalized spacial score (nSPS) is 31.6. The van der Waals surface area contributed by atoms with E-state index in [1.807, 2.05) is 6.20 Å². The van der Waals surface area contributed by atoms with Gasteiger partial charge in [-0.25, -0.2) is 4.98 Å². The highest BCUT2D eigenvalue weighted by molar-refractivity contribution is 5.29. The Labute approximate surface area is 123 Å². The molecule has 1 aromatic rings. The number of nitrogens with zero attached hydrogens (tertiary/aromatic N) is 2. The average molecular weight is 275 g/mol. The van der Waals surface area contributed by atoms with Crippen molar-refractivity contribution >= 4 is 5.95 Å². The Morgan fingerprint density at radius 1 is 1.20 bits per heavy atom. The standard InChI is InChI=1S/C17H29N3/c1-3-14-9-10-16(13(14)2)19-17-18-11-12-20(17)15-7-5-4-6-8-15/h11-16H,3-10H2,1-2H3,(H,18,19). The lowest BCUT2D eigenvalue weighted by molar-refractivity contribution is 0.352. The molecule has 1 N–H and O–H groups in total. The summed E-state index contributed by atoms with van der Waals surface area (Å²) in [5.41, 5.74) is 0. The molecule has 0 bridgehead atoms. The van der Waals surface area contributed by atoms with Crippen molar-refractivity contribution in [1.29, 1.82) is 0 Å². The van der Waals surface area contributed by atoms with Crippen molar-refractivity contribution in [2.45, 2.75) is 77.3 Å². The molecular formula is C17H29N3. The number of rotatable bonds is 4. The van der Waals surface area contributed by atoms with Gasteiger partial charge in [-0.05, 0) is 37.5 Å². The summed E-state index contributed by atoms with van der Waals surface area (Å²) < 4.78 is 2.41. The Kier molecular flexibility index (Phi) is 4.32. The molecule has 2 fully saturated rings. The van der Waals surface area contributed by atoms with E-state index in [0.29, 0.717) is 12.1 Å². The van der Waals surface area contributed by atoms with Crippen molar-refractivity contribution in [3.63, 3.8) is 0 Å². The Balaban J connectivity index is 1.67. The minimum Gasteiger partial charge on any atom is -0.353 e. The van der Waals surface area contributed by atoms with Crippen LogP contribution in [-0.4, -0.2) is 15.6 Å². The van der Waals surface area contributed by atoms with Crippen molar-refractivity contribution in [2.24, 2.45) is 11.8 Å². The fourth-order valence-electron chi connectivity index (χ4n) is 4.27. The smallest absolute Gasteiger partial charge is 0.203 e. The van der Waals surface area contributed by atoms with Crippen molar-refractivity contribution in [3.8, 4) is 0 Å². The average Bonchev–Trinajstić information content (AvgIpc) is 3.08. The third-order valence-electron chi connectivity index (χ3n) is 5.70. The Bertz CT molecular complexity index is 420. The molecule has 0 aromatic carbocycles. The lowest BCUT2D eigenvalue weighted by Gasteiger charge is -2.27. The summed E-state index contributed by atoms with van der Waals surface area (Å²) in [7, 11) is 0. The molecule has 1 aromatic heterocycles. The van der Waals surface area contributed by atoms with Crippen LogP contribution in [0.5, 0.6) is 0 Å². The van der Waals surface area contributed by atoms with Gasteiger partial charge in [0, 0.05) is 24.5 Å². The molecule has 3 heteroatoms. The molecule has 2 saturated carbocycles. The molecule has 0 saturated heterocycles. The van der Waals surface area contributed by atoms with Gasteiger partial charge in [0.15, 0.2) is 0 Å². The fourth-order valence-corrected chi connectivity index (χ4v) is 4.27. The minimum absolute atomic E-state index is 0.615. The summed E-state index contributed by atoms with van der Waals surface area (Å²) >= 11 is 0. The zero-order valence-corrected chi connectivity index (χ0v) is 13.0. The zero-order chi connectivity index (χ0) is 13.9. The molecule has 112 valence electrons. The lowest BCUT2D eigenvalue weighted by Crippen LogP contribution is -2.27. The predicted molar refractivity (Wildman–Crippen MR) is 83.9 cm³/mol. The summed E-state index contributed by atoms with van der Waals surface area (Å²) in [6.45, 7) is 4.74. The molecular weight excluding hydrogens is 246 g/mol. The molecule has 0 amide bonds. The van der Waals surface area contributed by atoms with Crippen LogP contribution in [0.4, 0.5) is 5.95 Å². The number of hydrogen-bond donors (Lipinski definition) is 1. The Morgan fingerprint density at radius 2 is 2.00 bits per heavy atom. The first-order chi connectivity index (χ1) is 9.79. The van der Waals surface area contributed by atoms with E-state index < -0.39 is 0 Å². The maximum Gasteiger partial charge on any atom is 0.203 e. The van der Waals surface area contributed by atoms with Crippen LogP contribution in [-0.2, 0) is 0 Å². The molecule has 3 unspecified atom stereocenters. The molecule has 20 heavy (non-hydrogen) atoms. The number of nitrogens with one attached hydrogen (secondary N) is 1. The Hall–Kier alpha value is -0.990. The second kappa shape index (κ2) is 6.19. The second-order valence-corrected chi connectivity index (χ2v) is 6.81. The fraction of sp³-hybridized carbons (Fsp3) is 0.824. The molecule has 3 atom stereocenters. The molecule has 2 aliphatic rings. The molecule has 1 heterocycles. The number of anilines is 1. The van der Waals surface area contributed by atoms with Crippen LogP contribution in [0.3, 0.4) is 0 Å². The first-order valence-electron chi connectivity index (χ1n) is 8.59. The van der Waals surface area contributed by atoms with Crippen LogP contribution in [0.15, 0.2) is 12.4 Å². The molecule has 0 aliphatic heterocycles. The first kappa shape index (κ1) is 14.0. The molecule has 3 nitrogen and oxygen atoms in total. The highest BCUT2D eigenvalue weighted by Gasteiger charge is 2.32. The van der Waals surface area contributed by atoms with Crippen LogP contribution in [0.2, 0.25) is 0 Å². The summed E-state index contributed by atoms with van der Waals surface area (Å²) in [4.78, 5) is 4.59. The summed E-state index contributed by atoms with van der Waals surface area (Å²) in [6, 6.07) is 1.29. The van der Waals surface area contributed by atoms with E-state index in [0.717, 1.165) is 17.8 Å². The van der Waals surface area contributed by atoms with E-state index in [9.17, 15) is 0 Å². The van der Waals surface area contributed by atoms with Crippen LogP contribution < -0.4 is 5.32 Å². The van der Waals surface area contributed by atoms with E-state index in [1.54, 1.807) is 0 Å². The topological polar surface area (TPSA) is 29.9 Å². The van der Waals surface area contributed by atoms with Gasteiger partial charge < -0.3 is 9.88 Å². The summed E-state index contributed by atoms with van der Waals surface area (Å²) in [5, 5.41) is 3.75. The van der Waals surface area contributed by atoms with E-state index in [-0.39, 0.29) is 0 Å². The van der Waals surface area contributed by atoms with Gasteiger partial charge in [0.2, 0.25) is 5.95 Å². The van der Waals surface area contributed by atoms with E-state index in [4.69, 9.17) is 0 Å². The van der Waals surface area contributed by atoms with Gasteiger partial charge >= 0.3 is 0 Å². The molecule has 3 rings (SSSR count). The number of imidazole rings is 1. The number of aromatic nitrogens is 2. The van der Waals surface area contributed by atoms with Crippen molar-refractivity contribution in [1.82, 2.24) is 9.55 Å². The third-order valence-corrected chi connectivity index (χ3v) is 5.70. The quantitative estimate of drug-likeness (QED) is 0.868. The van der Waals surface area contributed by atoms with Gasteiger partial charge in [0.1, 0.15) is 0 Å². The molecule has 0 spiro atoms. The largest absolute Gasteiger partial charge is 0.353 e. The Morgan fingerprint density at radius 3 is 2.70 bits per heavy atom. The van der Waals surface area contributed by atoms with Crippen molar-refractivity contribution in [3.05, 3.63) is 12.4 Å². The van der Waals surface area contributed by atoms with Gasteiger partial charge in [-0.15, -0.1) is 0 Å². The van der Waals surface area contributed by atoms with Gasteiger partial charge in [-0.3, -0.25) is 0 Å². The van der Waals surface area contributed by atoms with Crippen molar-refractivity contribution < 1.29 is 0 Å². The van der Waals surface area contributed by atoms with E-state index >= 15 is 0 Å². The molecule has 2 aliphatic carbocycles. The monoisotopic (exact) mass is 275 g/mol. The minimum atomic E-state index is 0.615. The zero-order valence-electron chi connectivity index (χ0n) is 13.0. The first-order valence-corrected chi connectivity index (χ1v) is 8.59. The van der Waals surface area contributed by atoms with Gasteiger partial charge in [0.25, 0.3) is 0 Å². The predicted octanol–water partition coefficient (Wildman–Crippen LogP) is 4.62. The van der Waals surface area contributed by atoms with Gasteiger partial charge in [-0.1, -0.05) is 39.5 Å². The van der Waals surface area contributed by atoms with Crippen LogP contribution >= 0.6 is 0 Å². The van der Waals surface area contributed by atoms with Crippen molar-refractivity contribution in [2.75, 3.05) is 5.32 Å². The van der Waals surface area contributed by atoms with Gasteiger partial charge in [0.05, 0.1) is 0 Å². The number of hydrogen-bond acceptors (Lipinski definition) is 2. The van der Waals surface area contributed by atoms with Gasteiger partial charge in [-0.2, -0.15) is 0 Å². The van der Waals surface area contributed by atoms with E-state index in [2.05, 4.69) is 34.9 Å². The maximum absolute atomic E-state index is 4.59. The highest BCUT2D eigenvalue weighted by atomic mass is 15.2. The van der Waals surface area contributed by atoms with Crippen LogP contribution in [0, 0.1) is 11.8 Å². The third kappa shape index (κ3) is 2.72. The lowest BCUT2D eigenvalue weighted by atomic mass is 9.93. The summed E-state index contributed by atoms with van der Waals surface area (Å²) in [6.07, 6.45) is 14.9. The highest BCUT2D eigenvalue weighted by Crippen LogP contribution is 2.36. The van der Waals surface area contributed by atoms with E-state index in [1.165, 1.54) is 51.4 Å². The second-order valence-electron chi connectivity index (χ2n) is 6.81. The maximum atomic E-state index is 4.59. The summed E-state index contributed by atoms with van der Waals surface area (Å²) in [5.74, 6) is 2.78. The SMILES string of the molecule is CCC1CCC(Nc2nccn2C2CCCCC2)C1C. The van der Waals surface area contributed by atoms with Crippen LogP contribution in [0.25, 0.3) is 0 Å². The molecule has 0 radical (unpaired) electrons. The van der Waals surface area contributed by atoms with Crippen LogP contribution in [0.1, 0.15) is 71.3 Å².